The Morgan fingerprint density at radius 1 is 1.21 bits per heavy atom. The van der Waals surface area contributed by atoms with Crippen molar-refractivity contribution in [2.45, 2.75) is 25.9 Å². The van der Waals surface area contributed by atoms with Gasteiger partial charge in [0.15, 0.2) is 11.5 Å². The normalized spacial score (nSPS) is 18.6. The molecule has 0 unspecified atom stereocenters. The van der Waals surface area contributed by atoms with Crippen LogP contribution >= 0.6 is 35.7 Å². The molecule has 0 radical (unpaired) electrons. The zero-order valence-corrected chi connectivity index (χ0v) is 19.1. The van der Waals surface area contributed by atoms with Crippen LogP contribution in [0.2, 0.25) is 0 Å². The van der Waals surface area contributed by atoms with Crippen molar-refractivity contribution in [2.24, 2.45) is 5.16 Å². The molecule has 1 aromatic rings. The standard InChI is InChI=1S/C18H23N3O5S3/c1-18(2)10-12-6-5-7-13(15(12)25-18)24-16(22)20(3)29-21(4)17(23)26-19-14-11-27-8-9-28-14/h5-7H,8-11H2,1-4H3/b19-14-. The summed E-state index contributed by atoms with van der Waals surface area (Å²) in [7, 11) is 3.00. The lowest BCUT2D eigenvalue weighted by molar-refractivity contribution is 0.131. The van der Waals surface area contributed by atoms with Crippen LogP contribution in [0.15, 0.2) is 23.4 Å². The number of para-hydroxylation sites is 1. The summed E-state index contributed by atoms with van der Waals surface area (Å²) in [5.41, 5.74) is 0.653. The summed E-state index contributed by atoms with van der Waals surface area (Å²) >= 11 is 4.17. The third-order valence-electron chi connectivity index (χ3n) is 3.96. The van der Waals surface area contributed by atoms with Gasteiger partial charge in [0.2, 0.25) is 0 Å². The van der Waals surface area contributed by atoms with Crippen LogP contribution in [0.1, 0.15) is 19.4 Å². The molecule has 0 spiro atoms. The molecule has 1 aromatic carbocycles. The summed E-state index contributed by atoms with van der Waals surface area (Å²) in [6, 6.07) is 5.46. The maximum absolute atomic E-state index is 12.5. The third kappa shape index (κ3) is 5.89. The molecular formula is C18H23N3O5S3. The minimum atomic E-state index is -0.677. The van der Waals surface area contributed by atoms with E-state index in [2.05, 4.69) is 5.16 Å². The van der Waals surface area contributed by atoms with E-state index < -0.39 is 12.2 Å². The van der Waals surface area contributed by atoms with Crippen molar-refractivity contribution < 1.29 is 23.9 Å². The molecule has 3 rings (SSSR count). The van der Waals surface area contributed by atoms with Gasteiger partial charge in [0.1, 0.15) is 10.6 Å². The van der Waals surface area contributed by atoms with Crippen molar-refractivity contribution in [3.63, 3.8) is 0 Å². The second kappa shape index (κ2) is 9.40. The Labute approximate surface area is 182 Å². The number of hydrogen-bond acceptors (Lipinski definition) is 9. The maximum Gasteiger partial charge on any atom is 0.447 e. The number of amides is 2. The van der Waals surface area contributed by atoms with Crippen LogP contribution in [-0.2, 0) is 11.3 Å². The summed E-state index contributed by atoms with van der Waals surface area (Å²) in [5, 5.41) is 4.66. The molecule has 0 aliphatic carbocycles. The lowest BCUT2D eigenvalue weighted by atomic mass is 10.0. The fourth-order valence-corrected chi connectivity index (χ4v) is 5.35. The quantitative estimate of drug-likeness (QED) is 0.377. The highest BCUT2D eigenvalue weighted by molar-refractivity contribution is 8.18. The van der Waals surface area contributed by atoms with Gasteiger partial charge in [-0.1, -0.05) is 17.3 Å². The topological polar surface area (TPSA) is 80.7 Å². The van der Waals surface area contributed by atoms with Crippen LogP contribution in [0.4, 0.5) is 9.59 Å². The van der Waals surface area contributed by atoms with E-state index in [0.717, 1.165) is 46.4 Å². The second-order valence-electron chi connectivity index (χ2n) is 6.97. The van der Waals surface area contributed by atoms with E-state index >= 15 is 0 Å². The first-order valence-corrected chi connectivity index (χ1v) is 11.8. The van der Waals surface area contributed by atoms with Gasteiger partial charge in [-0.3, -0.25) is 4.84 Å². The van der Waals surface area contributed by atoms with E-state index in [9.17, 15) is 9.59 Å². The zero-order valence-electron chi connectivity index (χ0n) is 16.7. The molecule has 0 saturated carbocycles. The molecule has 2 heterocycles. The molecule has 1 fully saturated rings. The number of oxime groups is 1. The first-order valence-electron chi connectivity index (χ1n) is 8.92. The van der Waals surface area contributed by atoms with Crippen LogP contribution in [0, 0.1) is 0 Å². The monoisotopic (exact) mass is 457 g/mol. The fourth-order valence-electron chi connectivity index (χ4n) is 2.70. The summed E-state index contributed by atoms with van der Waals surface area (Å²) < 4.78 is 13.7. The van der Waals surface area contributed by atoms with Crippen LogP contribution < -0.4 is 9.47 Å². The molecule has 2 amide bonds. The largest absolute Gasteiger partial charge is 0.483 e. The molecule has 11 heteroatoms. The number of fused-ring (bicyclic) bond motifs is 1. The molecule has 8 nitrogen and oxygen atoms in total. The predicted molar refractivity (Wildman–Crippen MR) is 118 cm³/mol. The van der Waals surface area contributed by atoms with Gasteiger partial charge in [0, 0.05) is 43.3 Å². The summed E-state index contributed by atoms with van der Waals surface area (Å²) in [6.45, 7) is 3.96. The summed E-state index contributed by atoms with van der Waals surface area (Å²) in [5.74, 6) is 3.68. The molecule has 0 aromatic heterocycles. The van der Waals surface area contributed by atoms with Gasteiger partial charge >= 0.3 is 12.2 Å². The van der Waals surface area contributed by atoms with Crippen molar-refractivity contribution in [3.8, 4) is 11.5 Å². The second-order valence-corrected chi connectivity index (χ2v) is 10.5. The van der Waals surface area contributed by atoms with E-state index in [1.807, 2.05) is 26.0 Å². The van der Waals surface area contributed by atoms with Crippen molar-refractivity contribution in [3.05, 3.63) is 23.8 Å². The zero-order chi connectivity index (χ0) is 21.0. The van der Waals surface area contributed by atoms with Gasteiger partial charge in [-0.2, -0.15) is 11.8 Å². The van der Waals surface area contributed by atoms with Gasteiger partial charge in [-0.15, -0.1) is 11.8 Å². The first-order chi connectivity index (χ1) is 13.7. The maximum atomic E-state index is 12.5. The lowest BCUT2D eigenvalue weighted by Gasteiger charge is -2.21. The highest BCUT2D eigenvalue weighted by Gasteiger charge is 2.33. The average Bonchev–Trinajstić information content (AvgIpc) is 3.01. The first kappa shape index (κ1) is 22.0. The van der Waals surface area contributed by atoms with E-state index in [-0.39, 0.29) is 5.60 Å². The van der Waals surface area contributed by atoms with Crippen LogP contribution in [0.25, 0.3) is 0 Å². The fraction of sp³-hybridized carbons (Fsp3) is 0.500. The number of ether oxygens (including phenoxy) is 2. The van der Waals surface area contributed by atoms with Crippen molar-refractivity contribution in [1.82, 2.24) is 8.61 Å². The van der Waals surface area contributed by atoms with Crippen molar-refractivity contribution >= 4 is 52.9 Å². The molecule has 0 N–H and O–H groups in total. The van der Waals surface area contributed by atoms with Gasteiger partial charge in [-0.05, 0) is 19.9 Å². The Kier molecular flexibility index (Phi) is 7.12. The minimum Gasteiger partial charge on any atom is -0.483 e. The van der Waals surface area contributed by atoms with Crippen LogP contribution in [0.3, 0.4) is 0 Å². The third-order valence-corrected chi connectivity index (χ3v) is 7.12. The van der Waals surface area contributed by atoms with Gasteiger partial charge in [-0.25, -0.2) is 18.2 Å². The highest BCUT2D eigenvalue weighted by atomic mass is 32.2. The van der Waals surface area contributed by atoms with Gasteiger partial charge < -0.3 is 9.47 Å². The van der Waals surface area contributed by atoms with Crippen molar-refractivity contribution in [1.29, 1.82) is 0 Å². The highest BCUT2D eigenvalue weighted by Crippen LogP contribution is 2.42. The number of hydrogen-bond donors (Lipinski definition) is 0. The van der Waals surface area contributed by atoms with E-state index in [1.54, 1.807) is 29.6 Å². The molecule has 0 atom stereocenters. The van der Waals surface area contributed by atoms with Crippen molar-refractivity contribution in [2.75, 3.05) is 31.4 Å². The SMILES string of the molecule is CN(SN(C)C(=O)Oc1cccc2c1OC(C)(C)C2)C(=O)O/N=C1/CSCCS1. The van der Waals surface area contributed by atoms with Gasteiger partial charge in [0.25, 0.3) is 0 Å². The number of nitrogens with zero attached hydrogens (tertiary/aromatic N) is 3. The minimum absolute atomic E-state index is 0.341. The number of carbonyl (C=O) groups is 2. The van der Waals surface area contributed by atoms with E-state index in [0.29, 0.717) is 11.5 Å². The number of carbonyl (C=O) groups excluding carboxylic acids is 2. The average molecular weight is 458 g/mol. The number of rotatable bonds is 4. The smallest absolute Gasteiger partial charge is 0.447 e. The Hall–Kier alpha value is -1.72. The Morgan fingerprint density at radius 3 is 2.69 bits per heavy atom. The van der Waals surface area contributed by atoms with Crippen LogP contribution in [-0.4, -0.2) is 62.8 Å². The molecule has 2 aliphatic heterocycles. The Bertz CT molecular complexity index is 810. The number of benzene rings is 1. The molecule has 0 bridgehead atoms. The van der Waals surface area contributed by atoms with Crippen LogP contribution in [0.5, 0.6) is 11.5 Å². The van der Waals surface area contributed by atoms with E-state index in [4.69, 9.17) is 14.3 Å². The van der Waals surface area contributed by atoms with Gasteiger partial charge in [0.05, 0.1) is 12.1 Å². The molecule has 2 aliphatic rings. The molecule has 1 saturated heterocycles. The number of thioether (sulfide) groups is 2. The lowest BCUT2D eigenvalue weighted by Crippen LogP contribution is -2.31. The summed E-state index contributed by atoms with van der Waals surface area (Å²) in [4.78, 5) is 29.5. The molecule has 158 valence electrons. The molecule has 29 heavy (non-hydrogen) atoms. The Morgan fingerprint density at radius 2 is 1.97 bits per heavy atom. The molecular weight excluding hydrogens is 434 g/mol. The Balaban J connectivity index is 1.53. The van der Waals surface area contributed by atoms with E-state index in [1.165, 1.54) is 22.7 Å². The predicted octanol–water partition coefficient (Wildman–Crippen LogP) is 4.26. The summed E-state index contributed by atoms with van der Waals surface area (Å²) in [6.07, 6.45) is -0.572.